The van der Waals surface area contributed by atoms with Gasteiger partial charge in [0.15, 0.2) is 6.10 Å². The molecule has 272 valence electrons. The quantitative estimate of drug-likeness (QED) is 0.258. The van der Waals surface area contributed by atoms with Gasteiger partial charge in [0.25, 0.3) is 5.91 Å². The van der Waals surface area contributed by atoms with Gasteiger partial charge in [0.1, 0.15) is 0 Å². The van der Waals surface area contributed by atoms with E-state index in [4.69, 9.17) is 10.5 Å². The third-order valence-corrected chi connectivity index (χ3v) is 9.95. The SMILES string of the molecule is Nc1c(C(F)(F)F)cc(C[C@@H](OC(=O)N2CCC(n3c(=O)[nH]c4ccccc43)CC2)C(=O)N2CCN(C3CCNCC3)CC2)cc1C(F)(F)F. The van der Waals surface area contributed by atoms with Gasteiger partial charge >= 0.3 is 24.1 Å². The molecular formula is C33H39F6N7O4. The Morgan fingerprint density at radius 2 is 1.44 bits per heavy atom. The van der Waals surface area contributed by atoms with E-state index in [0.29, 0.717) is 55.1 Å². The molecule has 0 unspecified atom stereocenters. The van der Waals surface area contributed by atoms with Gasteiger partial charge in [-0.25, -0.2) is 9.59 Å². The van der Waals surface area contributed by atoms with Crippen molar-refractivity contribution < 1.29 is 40.7 Å². The van der Waals surface area contributed by atoms with Gasteiger partial charge < -0.3 is 30.6 Å². The molecule has 3 saturated heterocycles. The Morgan fingerprint density at radius 3 is 2.04 bits per heavy atom. The Bertz CT molecular complexity index is 1720. The third kappa shape index (κ3) is 7.57. The Morgan fingerprint density at radius 1 is 0.840 bits per heavy atom. The molecule has 17 heteroatoms. The van der Waals surface area contributed by atoms with Crippen LogP contribution in [0.2, 0.25) is 0 Å². The van der Waals surface area contributed by atoms with Crippen LogP contribution in [0.4, 0.5) is 36.8 Å². The number of amides is 2. The maximum absolute atomic E-state index is 13.9. The number of aromatic nitrogens is 2. The number of ether oxygens (including phenoxy) is 1. The van der Waals surface area contributed by atoms with E-state index in [1.807, 2.05) is 6.07 Å². The van der Waals surface area contributed by atoms with Crippen molar-refractivity contribution in [1.29, 1.82) is 0 Å². The largest absolute Gasteiger partial charge is 0.436 e. The number of aromatic amines is 1. The standard InChI is InChI=1S/C33H39F6N7O4/c34-32(35,36)23-17-20(18-24(28(23)40)33(37,38)39)19-27(29(47)44-15-13-43(14-16-44)21-5-9-41-10-6-21)50-31(49)45-11-7-22(8-12-45)46-26-4-2-1-3-25(26)42-30(46)48/h1-4,17-18,21-22,27,41H,5-16,19,40H2,(H,42,48)/t27-/m1/s1. The second-order valence-electron chi connectivity index (χ2n) is 13.1. The monoisotopic (exact) mass is 711 g/mol. The molecule has 0 bridgehead atoms. The molecule has 3 fully saturated rings. The molecule has 6 rings (SSSR count). The van der Waals surface area contributed by atoms with Gasteiger partial charge in [0.2, 0.25) is 0 Å². The summed E-state index contributed by atoms with van der Waals surface area (Å²) in [6, 6.07) is 8.22. The summed E-state index contributed by atoms with van der Waals surface area (Å²) in [6.45, 7) is 3.59. The first kappa shape index (κ1) is 35.6. The number of halogens is 6. The Labute approximate surface area is 283 Å². The predicted molar refractivity (Wildman–Crippen MR) is 171 cm³/mol. The van der Waals surface area contributed by atoms with Crippen LogP contribution in [0.1, 0.15) is 48.4 Å². The first-order chi connectivity index (χ1) is 23.7. The van der Waals surface area contributed by atoms with Crippen molar-refractivity contribution >= 4 is 28.7 Å². The summed E-state index contributed by atoms with van der Waals surface area (Å²) in [4.78, 5) is 47.9. The van der Waals surface area contributed by atoms with Crippen LogP contribution in [0.3, 0.4) is 0 Å². The topological polar surface area (TPSA) is 129 Å². The van der Waals surface area contributed by atoms with Crippen LogP contribution in [0.25, 0.3) is 11.0 Å². The summed E-state index contributed by atoms with van der Waals surface area (Å²) in [7, 11) is 0. The molecule has 4 heterocycles. The fraction of sp³-hybridized carbons (Fsp3) is 0.545. The number of rotatable bonds is 6. The highest BCUT2D eigenvalue weighted by Crippen LogP contribution is 2.42. The van der Waals surface area contributed by atoms with Gasteiger partial charge in [-0.05, 0) is 68.6 Å². The van der Waals surface area contributed by atoms with Crippen molar-refractivity contribution in [3.05, 3.63) is 63.6 Å². The van der Waals surface area contributed by atoms with Crippen molar-refractivity contribution in [3.8, 4) is 0 Å². The van der Waals surface area contributed by atoms with Gasteiger partial charge in [-0.3, -0.25) is 14.3 Å². The molecule has 2 amide bonds. The number of para-hydroxylation sites is 2. The number of likely N-dealkylation sites (tertiary alicyclic amines) is 1. The molecule has 50 heavy (non-hydrogen) atoms. The number of benzene rings is 2. The zero-order chi connectivity index (χ0) is 35.8. The summed E-state index contributed by atoms with van der Waals surface area (Å²) in [5, 5.41) is 3.30. The summed E-state index contributed by atoms with van der Waals surface area (Å²) in [5.74, 6) is -0.706. The fourth-order valence-electron chi connectivity index (χ4n) is 7.32. The Balaban J connectivity index is 1.21. The lowest BCUT2D eigenvalue weighted by Gasteiger charge is -2.41. The molecule has 3 aromatic rings. The average Bonchev–Trinajstić information content (AvgIpc) is 3.43. The van der Waals surface area contributed by atoms with Crippen molar-refractivity contribution in [3.63, 3.8) is 0 Å². The van der Waals surface area contributed by atoms with E-state index >= 15 is 0 Å². The molecule has 3 aliphatic rings. The average molecular weight is 712 g/mol. The van der Waals surface area contributed by atoms with Crippen molar-refractivity contribution in [1.82, 2.24) is 29.6 Å². The smallest absolute Gasteiger partial charge is 0.418 e. The number of carbonyl (C=O) groups excluding carboxylic acids is 2. The number of alkyl halides is 6. The van der Waals surface area contributed by atoms with Crippen molar-refractivity contribution in [2.75, 3.05) is 58.1 Å². The third-order valence-electron chi connectivity index (χ3n) is 9.95. The normalized spacial score (nSPS) is 19.6. The van der Waals surface area contributed by atoms with Crippen molar-refractivity contribution in [2.45, 2.75) is 62.6 Å². The number of carbonyl (C=O) groups is 2. The number of nitrogens with two attached hydrogens (primary N) is 1. The molecule has 11 nitrogen and oxygen atoms in total. The number of nitrogen functional groups attached to an aromatic ring is 1. The molecule has 1 aromatic heterocycles. The minimum atomic E-state index is -5.21. The number of H-pyrrole nitrogens is 1. The maximum atomic E-state index is 13.9. The lowest BCUT2D eigenvalue weighted by Crippen LogP contribution is -2.56. The Kier molecular flexibility index (Phi) is 10.1. The number of piperidine rings is 2. The highest BCUT2D eigenvalue weighted by Gasteiger charge is 2.42. The summed E-state index contributed by atoms with van der Waals surface area (Å²) in [6.07, 6.45) is -11.1. The Hall–Kier alpha value is -4.25. The number of fused-ring (bicyclic) bond motifs is 1. The second kappa shape index (κ2) is 14.2. The highest BCUT2D eigenvalue weighted by molar-refractivity contribution is 5.84. The number of nitrogens with one attached hydrogen (secondary N) is 2. The van der Waals surface area contributed by atoms with E-state index in [-0.39, 0.29) is 37.9 Å². The van der Waals surface area contributed by atoms with Crippen molar-refractivity contribution in [2.24, 2.45) is 0 Å². The van der Waals surface area contributed by atoms with Crippen LogP contribution in [0.15, 0.2) is 41.2 Å². The van der Waals surface area contributed by atoms with Crippen LogP contribution < -0.4 is 16.7 Å². The lowest BCUT2D eigenvalue weighted by atomic mass is 9.97. The van der Waals surface area contributed by atoms with Crippen LogP contribution >= 0.6 is 0 Å². The number of nitrogens with zero attached hydrogens (tertiary/aromatic N) is 4. The van der Waals surface area contributed by atoms with Gasteiger partial charge in [0, 0.05) is 57.8 Å². The first-order valence-corrected chi connectivity index (χ1v) is 16.7. The predicted octanol–water partition coefficient (Wildman–Crippen LogP) is 4.23. The maximum Gasteiger partial charge on any atom is 0.418 e. The molecule has 0 radical (unpaired) electrons. The fourth-order valence-corrected chi connectivity index (χ4v) is 7.32. The van der Waals surface area contributed by atoms with E-state index in [0.717, 1.165) is 25.9 Å². The van der Waals surface area contributed by atoms with E-state index in [1.54, 1.807) is 22.8 Å². The summed E-state index contributed by atoms with van der Waals surface area (Å²) in [5.41, 5.74) is 1.06. The zero-order valence-corrected chi connectivity index (χ0v) is 27.2. The summed E-state index contributed by atoms with van der Waals surface area (Å²) < 4.78 is 90.2. The van der Waals surface area contributed by atoms with Crippen LogP contribution in [-0.4, -0.2) is 101 Å². The summed E-state index contributed by atoms with van der Waals surface area (Å²) >= 11 is 0. The number of anilines is 1. The number of imidazole rings is 1. The molecular weight excluding hydrogens is 672 g/mol. The molecule has 0 spiro atoms. The van der Waals surface area contributed by atoms with Gasteiger partial charge in [0.05, 0.1) is 27.8 Å². The number of piperazine rings is 1. The molecule has 2 aromatic carbocycles. The van der Waals surface area contributed by atoms with E-state index in [2.05, 4.69) is 15.2 Å². The molecule has 0 aliphatic carbocycles. The van der Waals surface area contributed by atoms with Crippen LogP contribution in [0.5, 0.6) is 0 Å². The van der Waals surface area contributed by atoms with E-state index in [1.165, 1.54) is 9.80 Å². The lowest BCUT2D eigenvalue weighted by molar-refractivity contribution is -0.143. The van der Waals surface area contributed by atoms with E-state index < -0.39 is 59.3 Å². The van der Waals surface area contributed by atoms with Crippen LogP contribution in [-0.2, 0) is 28.3 Å². The number of hydrogen-bond donors (Lipinski definition) is 3. The minimum absolute atomic E-state index is 0.142. The molecule has 4 N–H and O–H groups in total. The second-order valence-corrected chi connectivity index (χ2v) is 13.1. The van der Waals surface area contributed by atoms with Gasteiger partial charge in [-0.1, -0.05) is 12.1 Å². The molecule has 1 atom stereocenters. The van der Waals surface area contributed by atoms with E-state index in [9.17, 15) is 40.7 Å². The first-order valence-electron chi connectivity index (χ1n) is 16.7. The molecule has 3 aliphatic heterocycles. The highest BCUT2D eigenvalue weighted by atomic mass is 19.4. The number of hydrogen-bond acceptors (Lipinski definition) is 7. The van der Waals surface area contributed by atoms with Gasteiger partial charge in [-0.2, -0.15) is 26.3 Å². The molecule has 0 saturated carbocycles. The minimum Gasteiger partial charge on any atom is -0.436 e. The zero-order valence-electron chi connectivity index (χ0n) is 27.2. The van der Waals surface area contributed by atoms with Gasteiger partial charge in [-0.15, -0.1) is 0 Å². The van der Waals surface area contributed by atoms with Crippen LogP contribution in [0, 0.1) is 0 Å².